The third-order valence-corrected chi connectivity index (χ3v) is 3.45. The molecular weight excluding hydrogens is 203 g/mol. The van der Waals surface area contributed by atoms with Crippen molar-refractivity contribution in [2.45, 2.75) is 31.2 Å². The summed E-state index contributed by atoms with van der Waals surface area (Å²) in [6.45, 7) is 1.54. The Bertz CT molecular complexity index is 340. The van der Waals surface area contributed by atoms with Crippen LogP contribution in [0.25, 0.3) is 0 Å². The predicted molar refractivity (Wildman–Crippen MR) is 63.6 cm³/mol. The highest BCUT2D eigenvalue weighted by atomic mass is 19.1. The monoisotopic (exact) mass is 222 g/mol. The van der Waals surface area contributed by atoms with Crippen LogP contribution in [-0.4, -0.2) is 13.1 Å². The van der Waals surface area contributed by atoms with Crippen LogP contribution in [0, 0.1) is 5.82 Å². The van der Waals surface area contributed by atoms with Crippen molar-refractivity contribution in [2.24, 2.45) is 5.73 Å². The quantitative estimate of drug-likeness (QED) is 0.822. The topological polar surface area (TPSA) is 38.0 Å². The second-order valence-electron chi connectivity index (χ2n) is 4.48. The lowest BCUT2D eigenvalue weighted by Crippen LogP contribution is -2.47. The minimum atomic E-state index is -0.238. The molecule has 3 N–H and O–H groups in total. The maximum Gasteiger partial charge on any atom is 0.128 e. The van der Waals surface area contributed by atoms with E-state index in [1.807, 2.05) is 12.1 Å². The summed E-state index contributed by atoms with van der Waals surface area (Å²) in [7, 11) is 0. The molecule has 1 fully saturated rings. The maximum absolute atomic E-state index is 13.9. The van der Waals surface area contributed by atoms with E-state index in [0.29, 0.717) is 6.54 Å². The van der Waals surface area contributed by atoms with E-state index in [1.54, 1.807) is 6.07 Å². The number of nitrogens with one attached hydrogen (secondary N) is 1. The molecule has 1 heterocycles. The van der Waals surface area contributed by atoms with Gasteiger partial charge in [0.1, 0.15) is 5.82 Å². The summed E-state index contributed by atoms with van der Waals surface area (Å²) in [6, 6.07) is 7.04. The SMILES string of the molecule is NCCC1(c2ccccc2F)CCCCN1. The summed E-state index contributed by atoms with van der Waals surface area (Å²) in [6.07, 6.45) is 4.08. The highest BCUT2D eigenvalue weighted by Crippen LogP contribution is 2.34. The van der Waals surface area contributed by atoms with Crippen molar-refractivity contribution < 1.29 is 4.39 Å². The van der Waals surface area contributed by atoms with Crippen LogP contribution in [0.1, 0.15) is 31.2 Å². The Hall–Kier alpha value is -0.930. The molecule has 2 nitrogen and oxygen atoms in total. The number of benzene rings is 1. The average molecular weight is 222 g/mol. The summed E-state index contributed by atoms with van der Waals surface area (Å²) in [4.78, 5) is 0. The van der Waals surface area contributed by atoms with Crippen molar-refractivity contribution in [3.63, 3.8) is 0 Å². The number of hydrogen-bond acceptors (Lipinski definition) is 2. The van der Waals surface area contributed by atoms with E-state index in [-0.39, 0.29) is 11.4 Å². The van der Waals surface area contributed by atoms with Gasteiger partial charge >= 0.3 is 0 Å². The van der Waals surface area contributed by atoms with Crippen LogP contribution in [0.2, 0.25) is 0 Å². The molecule has 3 heteroatoms. The first-order valence-electron chi connectivity index (χ1n) is 5.99. The van der Waals surface area contributed by atoms with Gasteiger partial charge in [0.25, 0.3) is 0 Å². The van der Waals surface area contributed by atoms with Crippen LogP contribution >= 0.6 is 0 Å². The highest BCUT2D eigenvalue weighted by molar-refractivity contribution is 5.27. The number of rotatable bonds is 3. The van der Waals surface area contributed by atoms with Crippen LogP contribution in [0.3, 0.4) is 0 Å². The second kappa shape index (κ2) is 4.93. The van der Waals surface area contributed by atoms with E-state index in [0.717, 1.165) is 31.4 Å². The third kappa shape index (κ3) is 2.11. The third-order valence-electron chi connectivity index (χ3n) is 3.45. The minimum Gasteiger partial charge on any atom is -0.330 e. The lowest BCUT2D eigenvalue weighted by atomic mass is 9.79. The number of hydrogen-bond donors (Lipinski definition) is 2. The largest absolute Gasteiger partial charge is 0.330 e. The molecule has 0 aromatic heterocycles. The summed E-state index contributed by atoms with van der Waals surface area (Å²) >= 11 is 0. The van der Waals surface area contributed by atoms with Gasteiger partial charge < -0.3 is 11.1 Å². The molecule has 1 aromatic rings. The fraction of sp³-hybridized carbons (Fsp3) is 0.538. The molecule has 0 radical (unpaired) electrons. The van der Waals surface area contributed by atoms with Crippen LogP contribution < -0.4 is 11.1 Å². The van der Waals surface area contributed by atoms with Crippen LogP contribution in [0.15, 0.2) is 24.3 Å². The zero-order chi connectivity index (χ0) is 11.4. The zero-order valence-electron chi connectivity index (χ0n) is 9.51. The molecule has 1 aromatic carbocycles. The van der Waals surface area contributed by atoms with E-state index in [2.05, 4.69) is 5.32 Å². The Kier molecular flexibility index (Phi) is 3.56. The van der Waals surface area contributed by atoms with Gasteiger partial charge in [0.15, 0.2) is 0 Å². The Morgan fingerprint density at radius 2 is 2.12 bits per heavy atom. The van der Waals surface area contributed by atoms with Crippen molar-refractivity contribution >= 4 is 0 Å². The van der Waals surface area contributed by atoms with Crippen molar-refractivity contribution in [3.05, 3.63) is 35.6 Å². The summed E-state index contributed by atoms with van der Waals surface area (Å²) in [5.74, 6) is -0.120. The Morgan fingerprint density at radius 1 is 1.31 bits per heavy atom. The van der Waals surface area contributed by atoms with Crippen LogP contribution in [-0.2, 0) is 5.54 Å². The molecule has 0 bridgehead atoms. The molecular formula is C13H19FN2. The normalized spacial score (nSPS) is 25.6. The summed E-state index contributed by atoms with van der Waals surface area (Å²) in [5, 5.41) is 3.47. The molecule has 16 heavy (non-hydrogen) atoms. The van der Waals surface area contributed by atoms with Gasteiger partial charge in [-0.05, 0) is 38.4 Å². The lowest BCUT2D eigenvalue weighted by Gasteiger charge is -2.39. The van der Waals surface area contributed by atoms with Gasteiger partial charge in [-0.2, -0.15) is 0 Å². The molecule has 0 spiro atoms. The molecule has 2 rings (SSSR count). The van der Waals surface area contributed by atoms with Crippen molar-refractivity contribution in [1.29, 1.82) is 0 Å². The van der Waals surface area contributed by atoms with Crippen molar-refractivity contribution in [2.75, 3.05) is 13.1 Å². The zero-order valence-corrected chi connectivity index (χ0v) is 9.51. The van der Waals surface area contributed by atoms with Gasteiger partial charge in [-0.25, -0.2) is 4.39 Å². The van der Waals surface area contributed by atoms with Gasteiger partial charge in [-0.1, -0.05) is 24.6 Å². The Morgan fingerprint density at radius 3 is 2.75 bits per heavy atom. The van der Waals surface area contributed by atoms with Gasteiger partial charge in [0, 0.05) is 11.1 Å². The predicted octanol–water partition coefficient (Wildman–Crippen LogP) is 2.14. The number of nitrogens with two attached hydrogens (primary N) is 1. The molecule has 1 aliphatic rings. The number of halogens is 1. The van der Waals surface area contributed by atoms with Crippen molar-refractivity contribution in [1.82, 2.24) is 5.32 Å². The molecule has 1 saturated heterocycles. The minimum absolute atomic E-state index is 0.120. The molecule has 1 aliphatic heterocycles. The molecule has 0 amide bonds. The standard InChI is InChI=1S/C13H19FN2/c14-12-6-2-1-5-11(12)13(8-9-15)7-3-4-10-16-13/h1-2,5-6,16H,3-4,7-10,15H2. The van der Waals surface area contributed by atoms with Crippen molar-refractivity contribution in [3.8, 4) is 0 Å². The summed E-state index contributed by atoms with van der Waals surface area (Å²) in [5.41, 5.74) is 6.21. The molecule has 0 aliphatic carbocycles. The van der Waals surface area contributed by atoms with E-state index in [1.165, 1.54) is 12.5 Å². The molecule has 1 unspecified atom stereocenters. The summed E-state index contributed by atoms with van der Waals surface area (Å²) < 4.78 is 13.9. The Labute approximate surface area is 96.0 Å². The van der Waals surface area contributed by atoms with E-state index >= 15 is 0 Å². The Balaban J connectivity index is 2.34. The fourth-order valence-corrected chi connectivity index (χ4v) is 2.64. The van der Waals surface area contributed by atoms with Crippen LogP contribution in [0.5, 0.6) is 0 Å². The number of piperidine rings is 1. The highest BCUT2D eigenvalue weighted by Gasteiger charge is 2.34. The molecule has 1 atom stereocenters. The smallest absolute Gasteiger partial charge is 0.128 e. The van der Waals surface area contributed by atoms with Crippen LogP contribution in [0.4, 0.5) is 4.39 Å². The average Bonchev–Trinajstić information content (AvgIpc) is 2.31. The van der Waals surface area contributed by atoms with E-state index in [9.17, 15) is 4.39 Å². The first-order valence-corrected chi connectivity index (χ1v) is 5.99. The first-order chi connectivity index (χ1) is 7.78. The van der Waals surface area contributed by atoms with Gasteiger partial charge in [-0.15, -0.1) is 0 Å². The lowest BCUT2D eigenvalue weighted by molar-refractivity contribution is 0.236. The van der Waals surface area contributed by atoms with E-state index in [4.69, 9.17) is 5.73 Å². The van der Waals surface area contributed by atoms with Gasteiger partial charge in [-0.3, -0.25) is 0 Å². The molecule has 88 valence electrons. The second-order valence-corrected chi connectivity index (χ2v) is 4.48. The molecule has 0 saturated carbocycles. The van der Waals surface area contributed by atoms with E-state index < -0.39 is 0 Å². The fourth-order valence-electron chi connectivity index (χ4n) is 2.64. The van der Waals surface area contributed by atoms with Gasteiger partial charge in [0.05, 0.1) is 0 Å². The maximum atomic E-state index is 13.9. The first kappa shape index (κ1) is 11.6. The van der Waals surface area contributed by atoms with Gasteiger partial charge in [0.2, 0.25) is 0 Å².